The molecule has 1 aliphatic heterocycles. The van der Waals surface area contributed by atoms with E-state index in [2.05, 4.69) is 4.90 Å². The molecule has 0 spiro atoms. The largest absolute Gasteiger partial charge is 0.481 e. The van der Waals surface area contributed by atoms with Gasteiger partial charge in [-0.05, 0) is 43.5 Å². The third-order valence-electron chi connectivity index (χ3n) is 9.04. The number of hydrogen-bond acceptors (Lipinski definition) is 10. The van der Waals surface area contributed by atoms with Crippen molar-refractivity contribution in [3.63, 3.8) is 0 Å². The average molecular weight is 684 g/mol. The Bertz CT molecular complexity index is 1280. The first kappa shape index (κ1) is 39.1. The van der Waals surface area contributed by atoms with Gasteiger partial charge in [-0.1, -0.05) is 74.5 Å². The minimum atomic E-state index is -1.08. The Morgan fingerprint density at radius 3 is 1.41 bits per heavy atom. The van der Waals surface area contributed by atoms with Crippen molar-refractivity contribution in [2.24, 2.45) is 0 Å². The van der Waals surface area contributed by atoms with Gasteiger partial charge in [-0.3, -0.25) is 38.7 Å². The SMILES string of the molecule is CCN(CC)C1(CCC(=O)O)CN(C(CCC(=O)O)C(=O)OCc2ccccc2)CCN(C(CCC(=O)O)C(=O)OCc2ccccc2)C1. The maximum Gasteiger partial charge on any atom is 0.323 e. The Labute approximate surface area is 287 Å². The van der Waals surface area contributed by atoms with E-state index in [9.17, 15) is 39.3 Å². The molecule has 2 aromatic carbocycles. The molecule has 1 aliphatic rings. The number of hydrogen-bond donors (Lipinski definition) is 3. The van der Waals surface area contributed by atoms with Gasteiger partial charge in [0.1, 0.15) is 25.3 Å². The van der Waals surface area contributed by atoms with Gasteiger partial charge in [0.05, 0.1) is 0 Å². The van der Waals surface area contributed by atoms with Crippen LogP contribution in [0.2, 0.25) is 0 Å². The molecule has 0 aliphatic carbocycles. The van der Waals surface area contributed by atoms with Crippen LogP contribution in [0, 0.1) is 0 Å². The third-order valence-corrected chi connectivity index (χ3v) is 9.04. The summed E-state index contributed by atoms with van der Waals surface area (Å²) in [6.07, 6.45) is -0.728. The second-order valence-corrected chi connectivity index (χ2v) is 12.3. The lowest BCUT2D eigenvalue weighted by Gasteiger charge is -2.47. The van der Waals surface area contributed by atoms with Crippen molar-refractivity contribution in [1.29, 1.82) is 0 Å². The number of aliphatic carboxylic acids is 3. The highest BCUT2D eigenvalue weighted by Gasteiger charge is 2.46. The van der Waals surface area contributed by atoms with Gasteiger partial charge in [0.2, 0.25) is 0 Å². The fourth-order valence-electron chi connectivity index (χ4n) is 6.57. The van der Waals surface area contributed by atoms with E-state index in [1.165, 1.54) is 0 Å². The minimum absolute atomic E-state index is 0.00602. The number of likely N-dealkylation sites (N-methyl/N-ethyl adjacent to an activating group) is 1. The molecule has 2 aromatic rings. The van der Waals surface area contributed by atoms with Crippen LogP contribution in [-0.4, -0.2) is 117 Å². The normalized spacial score (nSPS) is 18.3. The molecule has 3 rings (SSSR count). The van der Waals surface area contributed by atoms with E-state index < -0.39 is 47.5 Å². The highest BCUT2D eigenvalue weighted by atomic mass is 16.5. The maximum absolute atomic E-state index is 13.7. The predicted octanol–water partition coefficient (Wildman–Crippen LogP) is 3.50. The molecule has 3 N–H and O–H groups in total. The van der Waals surface area contributed by atoms with Gasteiger partial charge >= 0.3 is 29.8 Å². The van der Waals surface area contributed by atoms with Crippen molar-refractivity contribution >= 4 is 29.8 Å². The Morgan fingerprint density at radius 2 is 1.06 bits per heavy atom. The monoisotopic (exact) mass is 683 g/mol. The van der Waals surface area contributed by atoms with E-state index in [-0.39, 0.29) is 77.9 Å². The zero-order valence-corrected chi connectivity index (χ0v) is 28.4. The maximum atomic E-state index is 13.7. The van der Waals surface area contributed by atoms with Crippen molar-refractivity contribution in [2.45, 2.75) is 83.2 Å². The number of carbonyl (C=O) groups is 5. The molecule has 13 heteroatoms. The van der Waals surface area contributed by atoms with Crippen LogP contribution in [0.5, 0.6) is 0 Å². The summed E-state index contributed by atoms with van der Waals surface area (Å²) in [6.45, 7) is 5.70. The van der Waals surface area contributed by atoms with Gasteiger partial charge in [-0.15, -0.1) is 0 Å². The van der Waals surface area contributed by atoms with E-state index in [1.54, 1.807) is 0 Å². The first-order chi connectivity index (χ1) is 23.5. The number of esters is 2. The van der Waals surface area contributed by atoms with E-state index in [0.29, 0.717) is 13.1 Å². The summed E-state index contributed by atoms with van der Waals surface area (Å²) in [5, 5.41) is 29.0. The number of rotatable bonds is 20. The predicted molar refractivity (Wildman–Crippen MR) is 179 cm³/mol. The van der Waals surface area contributed by atoms with Crippen LogP contribution in [0.15, 0.2) is 60.7 Å². The molecule has 1 fully saturated rings. The number of benzene rings is 2. The summed E-state index contributed by atoms with van der Waals surface area (Å²) in [6, 6.07) is 16.3. The molecule has 2 unspecified atom stereocenters. The fourth-order valence-corrected chi connectivity index (χ4v) is 6.57. The van der Waals surface area contributed by atoms with E-state index >= 15 is 0 Å². The molecular weight excluding hydrogens is 634 g/mol. The molecule has 13 nitrogen and oxygen atoms in total. The van der Waals surface area contributed by atoms with Crippen LogP contribution in [0.1, 0.15) is 63.5 Å². The Morgan fingerprint density at radius 1 is 0.673 bits per heavy atom. The number of nitrogens with zero attached hydrogens (tertiary/aromatic N) is 3. The highest BCUT2D eigenvalue weighted by molar-refractivity contribution is 5.78. The topological polar surface area (TPSA) is 174 Å². The molecule has 0 amide bonds. The van der Waals surface area contributed by atoms with Crippen LogP contribution in [0.25, 0.3) is 0 Å². The first-order valence-corrected chi connectivity index (χ1v) is 16.8. The second kappa shape index (κ2) is 19.6. The molecule has 0 aromatic heterocycles. The standard InChI is InChI=1S/C36H49N3O10/c1-3-39(4-2)36(20-19-33(44)45)25-37(29(15-17-31(40)41)34(46)48-23-27-11-7-5-8-12-27)21-22-38(26-36)30(16-18-32(42)43)35(47)49-24-28-13-9-6-10-14-28/h5-14,29-30H,3-4,15-26H2,1-2H3,(H,40,41)(H,42,43)(H,44,45). The molecule has 0 saturated carbocycles. The Hall–Kier alpha value is -4.33. The molecular formula is C36H49N3O10. The number of ether oxygens (including phenoxy) is 2. The van der Waals surface area contributed by atoms with E-state index in [4.69, 9.17) is 9.47 Å². The molecule has 1 saturated heterocycles. The van der Waals surface area contributed by atoms with E-state index in [1.807, 2.05) is 84.3 Å². The molecule has 2 atom stereocenters. The van der Waals surface area contributed by atoms with Gasteiger partial charge in [-0.2, -0.15) is 0 Å². The molecule has 1 heterocycles. The summed E-state index contributed by atoms with van der Waals surface area (Å²) in [4.78, 5) is 68.7. The van der Waals surface area contributed by atoms with Crippen molar-refractivity contribution in [2.75, 3.05) is 39.3 Å². The molecule has 0 radical (unpaired) electrons. The minimum Gasteiger partial charge on any atom is -0.481 e. The zero-order valence-electron chi connectivity index (χ0n) is 28.4. The smallest absolute Gasteiger partial charge is 0.323 e. The van der Waals surface area contributed by atoms with Crippen LogP contribution >= 0.6 is 0 Å². The lowest BCUT2D eigenvalue weighted by atomic mass is 9.88. The Kier molecular flexibility index (Phi) is 15.7. The highest BCUT2D eigenvalue weighted by Crippen LogP contribution is 2.31. The quantitative estimate of drug-likeness (QED) is 0.173. The molecule has 268 valence electrons. The van der Waals surface area contributed by atoms with Crippen LogP contribution in [-0.2, 0) is 46.7 Å². The summed E-state index contributed by atoms with van der Waals surface area (Å²) in [5.74, 6) is -4.37. The first-order valence-electron chi connectivity index (χ1n) is 16.8. The van der Waals surface area contributed by atoms with Crippen LogP contribution in [0.4, 0.5) is 0 Å². The van der Waals surface area contributed by atoms with Crippen molar-refractivity contribution < 1.29 is 48.8 Å². The summed E-state index contributed by atoms with van der Waals surface area (Å²) in [7, 11) is 0. The summed E-state index contributed by atoms with van der Waals surface area (Å²) in [5.41, 5.74) is 0.619. The third kappa shape index (κ3) is 12.3. The summed E-state index contributed by atoms with van der Waals surface area (Å²) < 4.78 is 11.4. The molecule has 49 heavy (non-hydrogen) atoms. The van der Waals surface area contributed by atoms with Gasteiger partial charge in [0.15, 0.2) is 0 Å². The van der Waals surface area contributed by atoms with Gasteiger partial charge < -0.3 is 24.8 Å². The molecule has 0 bridgehead atoms. The number of carboxylic acids is 3. The van der Waals surface area contributed by atoms with Gasteiger partial charge in [0, 0.05) is 51.0 Å². The average Bonchev–Trinajstić information content (AvgIpc) is 3.27. The van der Waals surface area contributed by atoms with Gasteiger partial charge in [-0.25, -0.2) is 0 Å². The van der Waals surface area contributed by atoms with Crippen molar-refractivity contribution in [3.05, 3.63) is 71.8 Å². The van der Waals surface area contributed by atoms with Crippen molar-refractivity contribution in [1.82, 2.24) is 14.7 Å². The number of carbonyl (C=O) groups excluding carboxylic acids is 2. The lowest BCUT2D eigenvalue weighted by molar-refractivity contribution is -0.154. The second-order valence-electron chi connectivity index (χ2n) is 12.3. The van der Waals surface area contributed by atoms with Crippen LogP contribution in [0.3, 0.4) is 0 Å². The Balaban J connectivity index is 2.02. The summed E-state index contributed by atoms with van der Waals surface area (Å²) >= 11 is 0. The van der Waals surface area contributed by atoms with Crippen molar-refractivity contribution in [3.8, 4) is 0 Å². The van der Waals surface area contributed by atoms with Crippen LogP contribution < -0.4 is 0 Å². The lowest BCUT2D eigenvalue weighted by Crippen LogP contribution is -2.62. The van der Waals surface area contributed by atoms with E-state index in [0.717, 1.165) is 11.1 Å². The zero-order chi connectivity index (χ0) is 35.8. The fraction of sp³-hybridized carbons (Fsp3) is 0.528. The number of carboxylic acid groups (broad SMARTS) is 3. The van der Waals surface area contributed by atoms with Gasteiger partial charge in [0.25, 0.3) is 0 Å².